The Hall–Kier alpha value is -0.770. The van der Waals surface area contributed by atoms with Gasteiger partial charge in [-0.3, -0.25) is 0 Å². The topological polar surface area (TPSA) is 41.6 Å². The van der Waals surface area contributed by atoms with Crippen LogP contribution in [-0.2, 0) is 4.74 Å². The lowest BCUT2D eigenvalue weighted by Crippen LogP contribution is -2.50. The molecule has 1 amide bonds. The molecule has 1 atom stereocenters. The van der Waals surface area contributed by atoms with Gasteiger partial charge in [-0.2, -0.15) is 0 Å². The molecular formula is C17H32N2O2. The zero-order chi connectivity index (χ0) is 15.3. The summed E-state index contributed by atoms with van der Waals surface area (Å²) < 4.78 is 5.55. The van der Waals surface area contributed by atoms with Crippen molar-refractivity contribution in [2.45, 2.75) is 77.4 Å². The standard InChI is InChI=1S/C17H32N2O2/c1-17(2,3)21-16(20)19-11-7-6-10-15(19)13-18-12-14-8-4-5-9-14/h14-15,18H,4-13H2,1-3H3. The van der Waals surface area contributed by atoms with Crippen molar-refractivity contribution in [2.24, 2.45) is 5.92 Å². The Morgan fingerprint density at radius 2 is 1.76 bits per heavy atom. The fraction of sp³-hybridized carbons (Fsp3) is 0.941. The predicted molar refractivity (Wildman–Crippen MR) is 85.4 cm³/mol. The molecule has 2 fully saturated rings. The summed E-state index contributed by atoms with van der Waals surface area (Å²) in [7, 11) is 0. The molecule has 2 aliphatic rings. The Morgan fingerprint density at radius 1 is 1.10 bits per heavy atom. The van der Waals surface area contributed by atoms with Gasteiger partial charge < -0.3 is 15.0 Å². The molecule has 21 heavy (non-hydrogen) atoms. The van der Waals surface area contributed by atoms with E-state index in [9.17, 15) is 4.79 Å². The predicted octanol–water partition coefficient (Wildman–Crippen LogP) is 3.56. The van der Waals surface area contributed by atoms with Gasteiger partial charge in [0.1, 0.15) is 5.60 Å². The maximum atomic E-state index is 12.3. The van der Waals surface area contributed by atoms with Gasteiger partial charge in [-0.05, 0) is 65.3 Å². The number of nitrogens with zero attached hydrogens (tertiary/aromatic N) is 1. The Morgan fingerprint density at radius 3 is 2.43 bits per heavy atom. The number of hydrogen-bond acceptors (Lipinski definition) is 3. The van der Waals surface area contributed by atoms with Crippen LogP contribution < -0.4 is 5.32 Å². The zero-order valence-electron chi connectivity index (χ0n) is 14.0. The van der Waals surface area contributed by atoms with Crippen molar-refractivity contribution in [1.82, 2.24) is 10.2 Å². The Labute approximate surface area is 129 Å². The van der Waals surface area contributed by atoms with Gasteiger partial charge in [-0.1, -0.05) is 12.8 Å². The SMILES string of the molecule is CC(C)(C)OC(=O)N1CCCCC1CNCC1CCCC1. The van der Waals surface area contributed by atoms with Crippen LogP contribution in [0.2, 0.25) is 0 Å². The molecular weight excluding hydrogens is 264 g/mol. The molecule has 0 bridgehead atoms. The molecule has 1 unspecified atom stereocenters. The quantitative estimate of drug-likeness (QED) is 0.862. The van der Waals surface area contributed by atoms with Gasteiger partial charge in [0.25, 0.3) is 0 Å². The van der Waals surface area contributed by atoms with E-state index in [1.807, 2.05) is 25.7 Å². The fourth-order valence-electron chi connectivity index (χ4n) is 3.44. The van der Waals surface area contributed by atoms with E-state index in [-0.39, 0.29) is 6.09 Å². The lowest BCUT2D eigenvalue weighted by Gasteiger charge is -2.37. The average Bonchev–Trinajstić information content (AvgIpc) is 2.90. The highest BCUT2D eigenvalue weighted by atomic mass is 16.6. The van der Waals surface area contributed by atoms with Crippen molar-refractivity contribution in [1.29, 1.82) is 0 Å². The molecule has 0 radical (unpaired) electrons. The molecule has 1 aliphatic heterocycles. The van der Waals surface area contributed by atoms with Crippen LogP contribution in [0, 0.1) is 5.92 Å². The molecule has 122 valence electrons. The summed E-state index contributed by atoms with van der Waals surface area (Å²) in [4.78, 5) is 14.3. The van der Waals surface area contributed by atoms with Crippen molar-refractivity contribution in [3.63, 3.8) is 0 Å². The number of amides is 1. The molecule has 1 aliphatic carbocycles. The van der Waals surface area contributed by atoms with Gasteiger partial charge >= 0.3 is 6.09 Å². The zero-order valence-corrected chi connectivity index (χ0v) is 14.0. The lowest BCUT2D eigenvalue weighted by atomic mass is 10.0. The smallest absolute Gasteiger partial charge is 0.410 e. The van der Waals surface area contributed by atoms with Crippen LogP contribution in [0.5, 0.6) is 0 Å². The number of rotatable bonds is 4. The van der Waals surface area contributed by atoms with E-state index in [4.69, 9.17) is 4.74 Å². The van der Waals surface area contributed by atoms with E-state index >= 15 is 0 Å². The van der Waals surface area contributed by atoms with Crippen LogP contribution in [0.1, 0.15) is 65.7 Å². The van der Waals surface area contributed by atoms with Gasteiger partial charge in [0.15, 0.2) is 0 Å². The molecule has 0 aromatic rings. The first-order valence-corrected chi connectivity index (χ1v) is 8.66. The van der Waals surface area contributed by atoms with Crippen LogP contribution >= 0.6 is 0 Å². The third kappa shape index (κ3) is 5.50. The summed E-state index contributed by atoms with van der Waals surface area (Å²) in [5, 5.41) is 3.60. The van der Waals surface area contributed by atoms with Crippen molar-refractivity contribution in [3.8, 4) is 0 Å². The van der Waals surface area contributed by atoms with Gasteiger partial charge in [0, 0.05) is 19.1 Å². The number of carbonyl (C=O) groups is 1. The molecule has 4 heteroatoms. The van der Waals surface area contributed by atoms with E-state index in [1.165, 1.54) is 32.1 Å². The first-order chi connectivity index (χ1) is 9.96. The highest BCUT2D eigenvalue weighted by molar-refractivity contribution is 5.68. The first-order valence-electron chi connectivity index (χ1n) is 8.66. The normalized spacial score (nSPS) is 24.3. The number of piperidine rings is 1. The third-order valence-electron chi connectivity index (χ3n) is 4.54. The summed E-state index contributed by atoms with van der Waals surface area (Å²) in [6, 6.07) is 0.301. The summed E-state index contributed by atoms with van der Waals surface area (Å²) in [6.07, 6.45) is 8.78. The fourth-order valence-corrected chi connectivity index (χ4v) is 3.44. The summed E-state index contributed by atoms with van der Waals surface area (Å²) in [5.74, 6) is 0.851. The maximum Gasteiger partial charge on any atom is 0.410 e. The van der Waals surface area contributed by atoms with Crippen molar-refractivity contribution in [3.05, 3.63) is 0 Å². The van der Waals surface area contributed by atoms with Crippen LogP contribution in [0.4, 0.5) is 4.79 Å². The van der Waals surface area contributed by atoms with Crippen molar-refractivity contribution < 1.29 is 9.53 Å². The minimum absolute atomic E-state index is 0.144. The van der Waals surface area contributed by atoms with Gasteiger partial charge in [0.05, 0.1) is 0 Å². The molecule has 0 aromatic heterocycles. The number of likely N-dealkylation sites (tertiary alicyclic amines) is 1. The summed E-state index contributed by atoms with van der Waals surface area (Å²) >= 11 is 0. The minimum atomic E-state index is -0.406. The Balaban J connectivity index is 1.79. The second-order valence-corrected chi connectivity index (χ2v) is 7.63. The largest absolute Gasteiger partial charge is 0.444 e. The first kappa shape index (κ1) is 16.6. The minimum Gasteiger partial charge on any atom is -0.444 e. The average molecular weight is 296 g/mol. The molecule has 0 aromatic carbocycles. The Bertz CT molecular complexity index is 332. The molecule has 2 rings (SSSR count). The van der Waals surface area contributed by atoms with Gasteiger partial charge in [-0.25, -0.2) is 4.79 Å². The molecule has 1 saturated carbocycles. The summed E-state index contributed by atoms with van der Waals surface area (Å²) in [5.41, 5.74) is -0.406. The van der Waals surface area contributed by atoms with Gasteiger partial charge in [0.2, 0.25) is 0 Å². The molecule has 1 N–H and O–H groups in total. The second kappa shape index (κ2) is 7.48. The highest BCUT2D eigenvalue weighted by Crippen LogP contribution is 2.24. The highest BCUT2D eigenvalue weighted by Gasteiger charge is 2.30. The van der Waals surface area contributed by atoms with Crippen LogP contribution in [0.25, 0.3) is 0 Å². The molecule has 4 nitrogen and oxygen atoms in total. The monoisotopic (exact) mass is 296 g/mol. The number of ether oxygens (including phenoxy) is 1. The van der Waals surface area contributed by atoms with Crippen LogP contribution in [0.15, 0.2) is 0 Å². The summed E-state index contributed by atoms with van der Waals surface area (Å²) in [6.45, 7) is 8.66. The molecule has 1 heterocycles. The van der Waals surface area contributed by atoms with Crippen molar-refractivity contribution >= 4 is 6.09 Å². The van der Waals surface area contributed by atoms with E-state index in [0.717, 1.165) is 38.4 Å². The number of nitrogens with one attached hydrogen (secondary N) is 1. The van der Waals surface area contributed by atoms with E-state index in [1.54, 1.807) is 0 Å². The Kier molecular flexibility index (Phi) is 5.91. The molecule has 1 saturated heterocycles. The lowest BCUT2D eigenvalue weighted by molar-refractivity contribution is 0.00989. The van der Waals surface area contributed by atoms with Crippen LogP contribution in [-0.4, -0.2) is 42.3 Å². The van der Waals surface area contributed by atoms with E-state index < -0.39 is 5.60 Å². The van der Waals surface area contributed by atoms with Crippen LogP contribution in [0.3, 0.4) is 0 Å². The number of hydrogen-bond donors (Lipinski definition) is 1. The van der Waals surface area contributed by atoms with Crippen molar-refractivity contribution in [2.75, 3.05) is 19.6 Å². The number of carbonyl (C=O) groups excluding carboxylic acids is 1. The van der Waals surface area contributed by atoms with E-state index in [2.05, 4.69) is 5.32 Å². The second-order valence-electron chi connectivity index (χ2n) is 7.63. The molecule has 0 spiro atoms. The van der Waals surface area contributed by atoms with Gasteiger partial charge in [-0.15, -0.1) is 0 Å². The third-order valence-corrected chi connectivity index (χ3v) is 4.54. The van der Waals surface area contributed by atoms with E-state index in [0.29, 0.717) is 6.04 Å². The maximum absolute atomic E-state index is 12.3.